The van der Waals surface area contributed by atoms with Gasteiger partial charge in [-0.15, -0.1) is 0 Å². The minimum absolute atomic E-state index is 0.0593. The molecule has 0 aliphatic carbocycles. The smallest absolute Gasteiger partial charge is 0.305 e. The zero-order valence-corrected chi connectivity index (χ0v) is 16.0. The van der Waals surface area contributed by atoms with Crippen LogP contribution in [0.5, 0.6) is 0 Å². The summed E-state index contributed by atoms with van der Waals surface area (Å²) in [6.45, 7) is -0.375. The number of hydrogen-bond donors (Lipinski definition) is 3. The number of aliphatic hydroxyl groups excluding tert-OH is 1. The van der Waals surface area contributed by atoms with Crippen LogP contribution in [0.3, 0.4) is 0 Å². The van der Waals surface area contributed by atoms with Crippen molar-refractivity contribution < 1.29 is 27.9 Å². The highest BCUT2D eigenvalue weighted by molar-refractivity contribution is 7.89. The maximum Gasteiger partial charge on any atom is 0.305 e. The summed E-state index contributed by atoms with van der Waals surface area (Å²) in [5.74, 6) is -0.913. The van der Waals surface area contributed by atoms with Crippen molar-refractivity contribution >= 4 is 33.5 Å². The molecule has 1 rings (SSSR count). The number of rotatable bonds is 11. The Morgan fingerprint density at radius 2 is 1.85 bits per heavy atom. The van der Waals surface area contributed by atoms with Gasteiger partial charge >= 0.3 is 5.97 Å². The molecule has 0 bridgehead atoms. The fourth-order valence-corrected chi connectivity index (χ4v) is 3.36. The number of esters is 1. The van der Waals surface area contributed by atoms with E-state index >= 15 is 0 Å². The number of benzene rings is 1. The van der Waals surface area contributed by atoms with Crippen molar-refractivity contribution in [3.8, 4) is 0 Å². The second kappa shape index (κ2) is 11.1. The van der Waals surface area contributed by atoms with E-state index in [0.29, 0.717) is 37.3 Å². The van der Waals surface area contributed by atoms with E-state index in [2.05, 4.69) is 14.8 Å². The van der Waals surface area contributed by atoms with E-state index in [4.69, 9.17) is 11.6 Å². The topological polar surface area (TPSA) is 122 Å². The summed E-state index contributed by atoms with van der Waals surface area (Å²) in [7, 11) is -2.64. The first-order chi connectivity index (χ1) is 12.3. The van der Waals surface area contributed by atoms with Crippen molar-refractivity contribution in [2.24, 2.45) is 0 Å². The third-order valence-electron chi connectivity index (χ3n) is 3.50. The Morgan fingerprint density at radius 1 is 1.19 bits per heavy atom. The van der Waals surface area contributed by atoms with Crippen molar-refractivity contribution in [2.45, 2.75) is 36.6 Å². The monoisotopic (exact) mass is 406 g/mol. The molecule has 26 heavy (non-hydrogen) atoms. The Bertz CT molecular complexity index is 693. The fourth-order valence-electron chi connectivity index (χ4n) is 2.05. The molecule has 0 aliphatic heterocycles. The maximum absolute atomic E-state index is 12.2. The minimum atomic E-state index is -3.97. The van der Waals surface area contributed by atoms with Gasteiger partial charge in [0.1, 0.15) is 6.04 Å². The molecule has 10 heteroatoms. The van der Waals surface area contributed by atoms with Gasteiger partial charge in [-0.2, -0.15) is 4.72 Å². The Labute approximate surface area is 157 Å². The van der Waals surface area contributed by atoms with Crippen molar-refractivity contribution in [1.82, 2.24) is 10.0 Å². The van der Waals surface area contributed by atoms with E-state index in [1.807, 2.05) is 0 Å². The van der Waals surface area contributed by atoms with E-state index in [-0.39, 0.29) is 10.9 Å². The highest BCUT2D eigenvalue weighted by atomic mass is 35.5. The van der Waals surface area contributed by atoms with Crippen LogP contribution in [0.2, 0.25) is 5.02 Å². The second-order valence-electron chi connectivity index (χ2n) is 5.49. The van der Waals surface area contributed by atoms with Crippen LogP contribution in [-0.2, 0) is 24.3 Å². The van der Waals surface area contributed by atoms with Crippen LogP contribution < -0.4 is 10.0 Å². The summed E-state index contributed by atoms with van der Waals surface area (Å²) in [4.78, 5) is 22.9. The molecule has 3 N–H and O–H groups in total. The second-order valence-corrected chi connectivity index (χ2v) is 7.64. The van der Waals surface area contributed by atoms with Crippen molar-refractivity contribution in [3.05, 3.63) is 29.3 Å². The van der Waals surface area contributed by atoms with Gasteiger partial charge in [-0.3, -0.25) is 9.59 Å². The van der Waals surface area contributed by atoms with E-state index in [9.17, 15) is 23.1 Å². The molecule has 0 aromatic heterocycles. The summed E-state index contributed by atoms with van der Waals surface area (Å²) < 4.78 is 31.2. The zero-order valence-electron chi connectivity index (χ0n) is 14.4. The first-order valence-corrected chi connectivity index (χ1v) is 9.89. The first-order valence-electron chi connectivity index (χ1n) is 8.03. The molecule has 0 saturated carbocycles. The van der Waals surface area contributed by atoms with Gasteiger partial charge in [-0.25, -0.2) is 8.42 Å². The zero-order chi connectivity index (χ0) is 19.6. The molecule has 0 unspecified atom stereocenters. The summed E-state index contributed by atoms with van der Waals surface area (Å²) in [6, 6.07) is 4.14. The largest absolute Gasteiger partial charge is 0.469 e. The molecule has 0 saturated heterocycles. The molecule has 0 fully saturated rings. The lowest BCUT2D eigenvalue weighted by Gasteiger charge is -2.16. The average Bonchev–Trinajstić information content (AvgIpc) is 2.62. The molecule has 1 amide bonds. The van der Waals surface area contributed by atoms with Crippen LogP contribution >= 0.6 is 11.6 Å². The Kier molecular flexibility index (Phi) is 9.57. The molecular formula is C16H23ClN2O6S. The number of nitrogens with one attached hydrogen (secondary N) is 2. The lowest BCUT2D eigenvalue weighted by atomic mass is 10.2. The van der Waals surface area contributed by atoms with Crippen LogP contribution in [-0.4, -0.2) is 51.7 Å². The predicted octanol–water partition coefficient (Wildman–Crippen LogP) is 0.829. The van der Waals surface area contributed by atoms with E-state index in [1.54, 1.807) is 0 Å². The molecule has 146 valence electrons. The summed E-state index contributed by atoms with van der Waals surface area (Å²) in [5.41, 5.74) is 0. The maximum atomic E-state index is 12.2. The van der Waals surface area contributed by atoms with Gasteiger partial charge in [-0.05, 0) is 37.1 Å². The van der Waals surface area contributed by atoms with Crippen LogP contribution in [0.15, 0.2) is 29.2 Å². The van der Waals surface area contributed by atoms with Crippen molar-refractivity contribution in [3.63, 3.8) is 0 Å². The fraction of sp³-hybridized carbons (Fsp3) is 0.500. The van der Waals surface area contributed by atoms with Gasteiger partial charge in [0, 0.05) is 18.0 Å². The number of sulfonamides is 1. The third-order valence-corrected chi connectivity index (χ3v) is 5.24. The van der Waals surface area contributed by atoms with Gasteiger partial charge in [0.15, 0.2) is 0 Å². The lowest BCUT2D eigenvalue weighted by Crippen LogP contribution is -2.49. The summed E-state index contributed by atoms with van der Waals surface area (Å²) in [5, 5.41) is 12.3. The van der Waals surface area contributed by atoms with Crippen LogP contribution in [0.1, 0.15) is 25.7 Å². The highest BCUT2D eigenvalue weighted by Gasteiger charge is 2.24. The molecule has 1 aromatic carbocycles. The Balaban J connectivity index is 2.45. The van der Waals surface area contributed by atoms with Gasteiger partial charge in [0.05, 0.1) is 18.6 Å². The number of carbonyl (C=O) groups excluding carboxylic acids is 2. The first kappa shape index (κ1) is 22.4. The number of amides is 1. The number of carbonyl (C=O) groups is 2. The van der Waals surface area contributed by atoms with Gasteiger partial charge in [-0.1, -0.05) is 18.0 Å². The average molecular weight is 407 g/mol. The number of hydrogen-bond acceptors (Lipinski definition) is 6. The third kappa shape index (κ3) is 7.69. The lowest BCUT2D eigenvalue weighted by molar-refractivity contribution is -0.140. The van der Waals surface area contributed by atoms with E-state index in [1.165, 1.54) is 31.4 Å². The molecule has 0 radical (unpaired) electrons. The number of methoxy groups -OCH3 is 1. The molecule has 1 atom stereocenters. The predicted molar refractivity (Wildman–Crippen MR) is 96.1 cm³/mol. The van der Waals surface area contributed by atoms with Gasteiger partial charge < -0.3 is 15.2 Å². The van der Waals surface area contributed by atoms with Crippen LogP contribution in [0, 0.1) is 0 Å². The van der Waals surface area contributed by atoms with Crippen LogP contribution in [0.25, 0.3) is 0 Å². The quantitative estimate of drug-likeness (QED) is 0.369. The molecular weight excluding hydrogens is 384 g/mol. The Morgan fingerprint density at radius 3 is 2.42 bits per heavy atom. The summed E-state index contributed by atoms with van der Waals surface area (Å²) in [6.07, 6.45) is 2.26. The summed E-state index contributed by atoms with van der Waals surface area (Å²) >= 11 is 5.72. The standard InChI is InChI=1S/C16H23ClN2O6S/c1-25-15(21)5-3-2-4-10-18-16(22)14(11-20)19-26(23,24)13-8-6-12(17)7-9-13/h6-9,14,19-20H,2-5,10-11H2,1H3,(H,18,22)/t14-/m0/s1. The van der Waals surface area contributed by atoms with Crippen molar-refractivity contribution in [2.75, 3.05) is 20.3 Å². The number of ether oxygens (including phenoxy) is 1. The number of unbranched alkanes of at least 4 members (excludes halogenated alkanes) is 2. The number of aliphatic hydroxyl groups is 1. The van der Waals surface area contributed by atoms with Crippen molar-refractivity contribution in [1.29, 1.82) is 0 Å². The van der Waals surface area contributed by atoms with Gasteiger partial charge in [0.25, 0.3) is 0 Å². The van der Waals surface area contributed by atoms with E-state index in [0.717, 1.165) is 0 Å². The molecule has 0 spiro atoms. The Hall–Kier alpha value is -1.68. The van der Waals surface area contributed by atoms with Crippen LogP contribution in [0.4, 0.5) is 0 Å². The minimum Gasteiger partial charge on any atom is -0.469 e. The SMILES string of the molecule is COC(=O)CCCCCNC(=O)[C@H](CO)NS(=O)(=O)c1ccc(Cl)cc1. The van der Waals surface area contributed by atoms with E-state index < -0.39 is 28.6 Å². The number of halogens is 1. The van der Waals surface area contributed by atoms with Gasteiger partial charge in [0.2, 0.25) is 15.9 Å². The molecule has 0 aliphatic rings. The highest BCUT2D eigenvalue weighted by Crippen LogP contribution is 2.14. The molecule has 1 aromatic rings. The normalized spacial score (nSPS) is 12.4. The molecule has 8 nitrogen and oxygen atoms in total. The molecule has 0 heterocycles.